The lowest BCUT2D eigenvalue weighted by Gasteiger charge is -2.12. The fraction of sp³-hybridized carbons (Fsp3) is 0.500. The van der Waals surface area contributed by atoms with Gasteiger partial charge in [0, 0.05) is 12.3 Å². The molecule has 1 heterocycles. The molecule has 0 bridgehead atoms. The van der Waals surface area contributed by atoms with Gasteiger partial charge in [0.25, 0.3) is 0 Å². The first-order valence-corrected chi connectivity index (χ1v) is 7.47. The first kappa shape index (κ1) is 14.4. The van der Waals surface area contributed by atoms with E-state index in [1.807, 2.05) is 25.1 Å². The zero-order valence-electron chi connectivity index (χ0n) is 11.7. The van der Waals surface area contributed by atoms with Crippen molar-refractivity contribution in [1.82, 2.24) is 14.5 Å². The van der Waals surface area contributed by atoms with Crippen molar-refractivity contribution in [2.75, 3.05) is 26.4 Å². The summed E-state index contributed by atoms with van der Waals surface area (Å²) in [6.45, 7) is 3.41. The molecule has 1 aromatic heterocycles. The van der Waals surface area contributed by atoms with E-state index in [0.717, 1.165) is 28.5 Å². The Kier molecular flexibility index (Phi) is 4.85. The van der Waals surface area contributed by atoms with Crippen LogP contribution in [0.4, 0.5) is 0 Å². The molecule has 0 saturated carbocycles. The van der Waals surface area contributed by atoms with Crippen molar-refractivity contribution in [2.45, 2.75) is 24.7 Å². The van der Waals surface area contributed by atoms with Crippen LogP contribution in [-0.2, 0) is 6.54 Å². The lowest BCUT2D eigenvalue weighted by molar-refractivity contribution is 0.172. The Balaban J connectivity index is 2.25. The third kappa shape index (κ3) is 3.72. The van der Waals surface area contributed by atoms with E-state index in [9.17, 15) is 5.11 Å². The number of hydrogen-bond acceptors (Lipinski definition) is 4. The molecule has 1 N–H and O–H groups in total. The van der Waals surface area contributed by atoms with E-state index in [2.05, 4.69) is 34.6 Å². The minimum absolute atomic E-state index is 0.370. The van der Waals surface area contributed by atoms with Gasteiger partial charge in [0.05, 0.1) is 23.7 Å². The maximum atomic E-state index is 9.66. The number of hydrogen-bond donors (Lipinski definition) is 1. The Hall–Kier alpha value is -1.04. The average Bonchev–Trinajstić information content (AvgIpc) is 2.67. The van der Waals surface area contributed by atoms with Crippen LogP contribution in [0.1, 0.15) is 6.92 Å². The predicted molar refractivity (Wildman–Crippen MR) is 80.7 cm³/mol. The van der Waals surface area contributed by atoms with Crippen molar-refractivity contribution < 1.29 is 5.11 Å². The van der Waals surface area contributed by atoms with E-state index in [4.69, 9.17) is 0 Å². The van der Waals surface area contributed by atoms with Crippen molar-refractivity contribution in [3.63, 3.8) is 0 Å². The van der Waals surface area contributed by atoms with Crippen molar-refractivity contribution in [1.29, 1.82) is 0 Å². The summed E-state index contributed by atoms with van der Waals surface area (Å²) in [5.41, 5.74) is 2.09. The normalized spacial score (nSPS) is 13.3. The Morgan fingerprint density at radius 3 is 2.79 bits per heavy atom. The molecular formula is C14H21N3OS. The van der Waals surface area contributed by atoms with E-state index in [1.165, 1.54) is 0 Å². The standard InChI is InChI=1S/C14H21N3OS/c1-11(18)10-17-13-7-5-4-6-12(13)15-14(17)19-9-8-16(2)3/h4-7,11,18H,8-10H2,1-3H3/t11-/m0/s1. The van der Waals surface area contributed by atoms with E-state index < -0.39 is 0 Å². The molecular weight excluding hydrogens is 258 g/mol. The average molecular weight is 279 g/mol. The number of aliphatic hydroxyl groups is 1. The van der Waals surface area contributed by atoms with Crippen LogP contribution in [-0.4, -0.2) is 52.1 Å². The molecule has 0 aliphatic carbocycles. The molecule has 0 saturated heterocycles. The summed E-state index contributed by atoms with van der Waals surface area (Å²) in [6, 6.07) is 8.08. The third-order valence-corrected chi connectivity index (χ3v) is 3.79. The number of aliphatic hydroxyl groups excluding tert-OH is 1. The third-order valence-electron chi connectivity index (χ3n) is 2.84. The Morgan fingerprint density at radius 1 is 1.37 bits per heavy atom. The first-order valence-electron chi connectivity index (χ1n) is 6.49. The van der Waals surface area contributed by atoms with Gasteiger partial charge in [-0.05, 0) is 33.2 Å². The van der Waals surface area contributed by atoms with Crippen molar-refractivity contribution >= 4 is 22.8 Å². The highest BCUT2D eigenvalue weighted by Crippen LogP contribution is 2.24. The second-order valence-electron chi connectivity index (χ2n) is 4.99. The van der Waals surface area contributed by atoms with Crippen LogP contribution in [0.25, 0.3) is 11.0 Å². The van der Waals surface area contributed by atoms with Crippen LogP contribution in [0.2, 0.25) is 0 Å². The monoisotopic (exact) mass is 279 g/mol. The molecule has 4 nitrogen and oxygen atoms in total. The summed E-state index contributed by atoms with van der Waals surface area (Å²) in [7, 11) is 4.14. The number of nitrogens with zero attached hydrogens (tertiary/aromatic N) is 3. The van der Waals surface area contributed by atoms with Crippen molar-refractivity contribution in [3.8, 4) is 0 Å². The summed E-state index contributed by atoms with van der Waals surface area (Å²) in [5.74, 6) is 0.996. The fourth-order valence-corrected chi connectivity index (χ4v) is 3.05. The van der Waals surface area contributed by atoms with Gasteiger partial charge < -0.3 is 14.6 Å². The molecule has 2 rings (SSSR count). The maximum absolute atomic E-state index is 9.66. The zero-order valence-corrected chi connectivity index (χ0v) is 12.5. The summed E-state index contributed by atoms with van der Waals surface area (Å²) in [4.78, 5) is 6.82. The molecule has 0 aliphatic heterocycles. The fourth-order valence-electron chi connectivity index (χ4n) is 1.92. The number of benzene rings is 1. The van der Waals surface area contributed by atoms with Crippen LogP contribution in [0.15, 0.2) is 29.4 Å². The summed E-state index contributed by atoms with van der Waals surface area (Å²) < 4.78 is 2.11. The predicted octanol–water partition coefficient (Wildman–Crippen LogP) is 2.07. The van der Waals surface area contributed by atoms with Gasteiger partial charge in [-0.1, -0.05) is 23.9 Å². The molecule has 1 atom stereocenters. The summed E-state index contributed by atoms with van der Waals surface area (Å²) >= 11 is 1.74. The molecule has 0 fully saturated rings. The van der Waals surface area contributed by atoms with Gasteiger partial charge in [-0.2, -0.15) is 0 Å². The minimum atomic E-state index is -0.370. The number of imidazole rings is 1. The summed E-state index contributed by atoms with van der Waals surface area (Å²) in [5, 5.41) is 10.6. The molecule has 1 aromatic carbocycles. The van der Waals surface area contributed by atoms with Crippen molar-refractivity contribution in [3.05, 3.63) is 24.3 Å². The second-order valence-corrected chi connectivity index (χ2v) is 6.06. The number of aromatic nitrogens is 2. The largest absolute Gasteiger partial charge is 0.392 e. The van der Waals surface area contributed by atoms with E-state index in [1.54, 1.807) is 11.8 Å². The molecule has 0 aliphatic rings. The van der Waals surface area contributed by atoms with E-state index in [-0.39, 0.29) is 6.10 Å². The molecule has 0 radical (unpaired) electrons. The van der Waals surface area contributed by atoms with Gasteiger partial charge in [-0.15, -0.1) is 0 Å². The molecule has 104 valence electrons. The van der Waals surface area contributed by atoms with Crippen LogP contribution in [0, 0.1) is 0 Å². The molecule has 2 aromatic rings. The van der Waals surface area contributed by atoms with Gasteiger partial charge in [0.1, 0.15) is 0 Å². The van der Waals surface area contributed by atoms with Crippen LogP contribution >= 0.6 is 11.8 Å². The molecule has 0 unspecified atom stereocenters. The molecule has 0 spiro atoms. The van der Waals surface area contributed by atoms with Crippen molar-refractivity contribution in [2.24, 2.45) is 0 Å². The summed E-state index contributed by atoms with van der Waals surface area (Å²) in [6.07, 6.45) is -0.370. The number of thioether (sulfide) groups is 1. The van der Waals surface area contributed by atoms with Crippen LogP contribution in [0.3, 0.4) is 0 Å². The van der Waals surface area contributed by atoms with E-state index >= 15 is 0 Å². The number of para-hydroxylation sites is 2. The number of fused-ring (bicyclic) bond motifs is 1. The SMILES string of the molecule is C[C@H](O)Cn1c(SCCN(C)C)nc2ccccc21. The van der Waals surface area contributed by atoms with E-state index in [0.29, 0.717) is 6.54 Å². The van der Waals surface area contributed by atoms with Gasteiger partial charge in [0.15, 0.2) is 5.16 Å². The van der Waals surface area contributed by atoms with Gasteiger partial charge >= 0.3 is 0 Å². The van der Waals surface area contributed by atoms with Crippen LogP contribution < -0.4 is 0 Å². The Morgan fingerprint density at radius 2 is 2.11 bits per heavy atom. The zero-order chi connectivity index (χ0) is 13.8. The topological polar surface area (TPSA) is 41.3 Å². The highest BCUT2D eigenvalue weighted by Gasteiger charge is 2.12. The minimum Gasteiger partial charge on any atom is -0.392 e. The molecule has 0 amide bonds. The van der Waals surface area contributed by atoms with Gasteiger partial charge in [-0.3, -0.25) is 0 Å². The van der Waals surface area contributed by atoms with Gasteiger partial charge in [0.2, 0.25) is 0 Å². The highest BCUT2D eigenvalue weighted by molar-refractivity contribution is 7.99. The second kappa shape index (κ2) is 6.41. The molecule has 19 heavy (non-hydrogen) atoms. The number of rotatable bonds is 6. The highest BCUT2D eigenvalue weighted by atomic mass is 32.2. The Bertz CT molecular complexity index is 536. The maximum Gasteiger partial charge on any atom is 0.169 e. The smallest absolute Gasteiger partial charge is 0.169 e. The van der Waals surface area contributed by atoms with Gasteiger partial charge in [-0.25, -0.2) is 4.98 Å². The molecule has 5 heteroatoms. The lowest BCUT2D eigenvalue weighted by Crippen LogP contribution is -2.16. The quantitative estimate of drug-likeness (QED) is 0.822. The lowest BCUT2D eigenvalue weighted by atomic mass is 10.3. The Labute approximate surface area is 118 Å². The first-order chi connectivity index (χ1) is 9.08. The van der Waals surface area contributed by atoms with Crippen LogP contribution in [0.5, 0.6) is 0 Å².